The minimum Gasteiger partial charge on any atom is -0.496 e. The number of aromatic nitrogens is 3. The molecule has 0 radical (unpaired) electrons. The number of methoxy groups -OCH3 is 1. The van der Waals surface area contributed by atoms with Crippen molar-refractivity contribution in [3.8, 4) is 5.75 Å². The second-order valence-electron chi connectivity index (χ2n) is 6.51. The third-order valence-corrected chi connectivity index (χ3v) is 5.05. The van der Waals surface area contributed by atoms with Gasteiger partial charge in [0.2, 0.25) is 0 Å². The first-order valence-corrected chi connectivity index (χ1v) is 10.2. The maximum Gasteiger partial charge on any atom is 0.191 e. The molecule has 0 spiro atoms. The van der Waals surface area contributed by atoms with E-state index in [1.54, 1.807) is 7.11 Å². The van der Waals surface area contributed by atoms with Crippen molar-refractivity contribution in [2.45, 2.75) is 52.2 Å². The number of rotatable bonds is 6. The van der Waals surface area contributed by atoms with Crippen molar-refractivity contribution in [3.05, 3.63) is 39.9 Å². The van der Waals surface area contributed by atoms with Crippen LogP contribution in [0.3, 0.4) is 0 Å². The molecule has 1 aliphatic heterocycles. The van der Waals surface area contributed by atoms with Crippen molar-refractivity contribution < 1.29 is 4.74 Å². The SMILES string of the molecule is CCNC(=NCc1cc(Br)ccc1OC)NC1CCc2nc(CC)nn2C1. The second-order valence-corrected chi connectivity index (χ2v) is 7.43. The topological polar surface area (TPSA) is 76.4 Å². The van der Waals surface area contributed by atoms with E-state index in [1.807, 2.05) is 22.9 Å². The fourth-order valence-electron chi connectivity index (χ4n) is 3.18. The fraction of sp³-hybridized carbons (Fsp3) is 0.526. The van der Waals surface area contributed by atoms with E-state index in [1.165, 1.54) is 0 Å². The highest BCUT2D eigenvalue weighted by Crippen LogP contribution is 2.23. The number of benzene rings is 1. The molecule has 2 aromatic rings. The lowest BCUT2D eigenvalue weighted by molar-refractivity contribution is 0.392. The predicted octanol–water partition coefficient (Wildman–Crippen LogP) is 2.68. The van der Waals surface area contributed by atoms with Gasteiger partial charge in [-0.3, -0.25) is 0 Å². The molecule has 0 fully saturated rings. The van der Waals surface area contributed by atoms with Gasteiger partial charge in [0.05, 0.1) is 20.2 Å². The number of fused-ring (bicyclic) bond motifs is 1. The molecule has 2 N–H and O–H groups in total. The molecule has 0 bridgehead atoms. The number of hydrogen-bond acceptors (Lipinski definition) is 4. The van der Waals surface area contributed by atoms with Gasteiger partial charge >= 0.3 is 0 Å². The number of nitrogens with zero attached hydrogens (tertiary/aromatic N) is 4. The van der Waals surface area contributed by atoms with Gasteiger partial charge in [0.25, 0.3) is 0 Å². The number of halogens is 1. The summed E-state index contributed by atoms with van der Waals surface area (Å²) in [5, 5.41) is 11.5. The van der Waals surface area contributed by atoms with Gasteiger partial charge in [0, 0.05) is 35.5 Å². The van der Waals surface area contributed by atoms with Crippen LogP contribution < -0.4 is 15.4 Å². The van der Waals surface area contributed by atoms with Gasteiger partial charge in [-0.2, -0.15) is 5.10 Å². The number of ether oxygens (including phenoxy) is 1. The van der Waals surface area contributed by atoms with Crippen LogP contribution in [-0.4, -0.2) is 40.4 Å². The maximum absolute atomic E-state index is 5.45. The van der Waals surface area contributed by atoms with E-state index < -0.39 is 0 Å². The lowest BCUT2D eigenvalue weighted by atomic mass is 10.1. The number of aryl methyl sites for hydroxylation is 2. The van der Waals surface area contributed by atoms with Crippen LogP contribution in [0, 0.1) is 0 Å². The zero-order valence-electron chi connectivity index (χ0n) is 16.1. The van der Waals surface area contributed by atoms with E-state index in [4.69, 9.17) is 9.73 Å². The molecular formula is C19H27BrN6O. The van der Waals surface area contributed by atoms with E-state index in [-0.39, 0.29) is 6.04 Å². The summed E-state index contributed by atoms with van der Waals surface area (Å²) in [6, 6.07) is 6.25. The molecule has 1 unspecified atom stereocenters. The third-order valence-electron chi connectivity index (χ3n) is 4.55. The summed E-state index contributed by atoms with van der Waals surface area (Å²) < 4.78 is 8.49. The van der Waals surface area contributed by atoms with E-state index in [9.17, 15) is 0 Å². The van der Waals surface area contributed by atoms with Crippen LogP contribution >= 0.6 is 15.9 Å². The van der Waals surface area contributed by atoms with Crippen molar-refractivity contribution in [2.24, 2.45) is 4.99 Å². The molecule has 0 saturated carbocycles. The monoisotopic (exact) mass is 434 g/mol. The van der Waals surface area contributed by atoms with E-state index in [0.717, 1.165) is 65.7 Å². The van der Waals surface area contributed by atoms with Gasteiger partial charge in [-0.1, -0.05) is 22.9 Å². The quantitative estimate of drug-likeness (QED) is 0.539. The number of guanidine groups is 1. The molecule has 0 aliphatic carbocycles. The highest BCUT2D eigenvalue weighted by Gasteiger charge is 2.22. The summed E-state index contributed by atoms with van der Waals surface area (Å²) in [5.74, 6) is 3.66. The van der Waals surface area contributed by atoms with E-state index >= 15 is 0 Å². The average molecular weight is 435 g/mol. The molecule has 8 heteroatoms. The molecule has 3 rings (SSSR count). The van der Waals surface area contributed by atoms with Crippen LogP contribution in [0.5, 0.6) is 5.75 Å². The number of aliphatic imine (C=N–C) groups is 1. The van der Waals surface area contributed by atoms with Crippen LogP contribution in [0.4, 0.5) is 0 Å². The smallest absolute Gasteiger partial charge is 0.191 e. The van der Waals surface area contributed by atoms with Gasteiger partial charge in [0.1, 0.15) is 11.6 Å². The van der Waals surface area contributed by atoms with E-state index in [0.29, 0.717) is 6.54 Å². The molecule has 1 atom stereocenters. The first-order chi connectivity index (χ1) is 13.1. The molecule has 0 amide bonds. The first kappa shape index (κ1) is 19.7. The molecule has 146 valence electrons. The van der Waals surface area contributed by atoms with Gasteiger partial charge < -0.3 is 15.4 Å². The van der Waals surface area contributed by atoms with Gasteiger partial charge in [-0.25, -0.2) is 14.7 Å². The highest BCUT2D eigenvalue weighted by molar-refractivity contribution is 9.10. The van der Waals surface area contributed by atoms with Crippen molar-refractivity contribution >= 4 is 21.9 Å². The Labute approximate surface area is 168 Å². The van der Waals surface area contributed by atoms with Crippen LogP contribution in [0.25, 0.3) is 0 Å². The summed E-state index contributed by atoms with van der Waals surface area (Å²) in [6.07, 6.45) is 2.83. The second kappa shape index (κ2) is 9.21. The standard InChI is InChI=1S/C19H27BrN6O/c1-4-17-24-18-9-7-15(12-26(18)25-17)23-19(21-5-2)22-11-13-10-14(20)6-8-16(13)27-3/h6,8,10,15H,4-5,7,9,11-12H2,1-3H3,(H2,21,22,23). The summed E-state index contributed by atoms with van der Waals surface area (Å²) in [7, 11) is 1.68. The van der Waals surface area contributed by atoms with Gasteiger partial charge in [-0.05, 0) is 31.5 Å². The molecule has 0 saturated heterocycles. The van der Waals surface area contributed by atoms with Crippen LogP contribution in [-0.2, 0) is 25.9 Å². The van der Waals surface area contributed by atoms with Crippen molar-refractivity contribution in [2.75, 3.05) is 13.7 Å². The first-order valence-electron chi connectivity index (χ1n) is 9.42. The summed E-state index contributed by atoms with van der Waals surface area (Å²) in [5.41, 5.74) is 1.04. The fourth-order valence-corrected chi connectivity index (χ4v) is 3.59. The highest BCUT2D eigenvalue weighted by atomic mass is 79.9. The van der Waals surface area contributed by atoms with Crippen molar-refractivity contribution in [1.29, 1.82) is 0 Å². The summed E-state index contributed by atoms with van der Waals surface area (Å²) in [4.78, 5) is 9.34. The molecular weight excluding hydrogens is 408 g/mol. The molecule has 27 heavy (non-hydrogen) atoms. The Kier molecular flexibility index (Phi) is 6.71. The maximum atomic E-state index is 5.45. The van der Waals surface area contributed by atoms with Crippen molar-refractivity contribution in [3.63, 3.8) is 0 Å². The Hall–Kier alpha value is -2.09. The van der Waals surface area contributed by atoms with Crippen LogP contribution in [0.15, 0.2) is 27.7 Å². The minimum absolute atomic E-state index is 0.283. The normalized spacial score (nSPS) is 16.7. The molecule has 7 nitrogen and oxygen atoms in total. The minimum atomic E-state index is 0.283. The third kappa shape index (κ3) is 5.00. The lowest BCUT2D eigenvalue weighted by Gasteiger charge is -2.25. The van der Waals surface area contributed by atoms with Gasteiger partial charge in [0.15, 0.2) is 11.8 Å². The van der Waals surface area contributed by atoms with E-state index in [2.05, 4.69) is 50.5 Å². The molecule has 1 aliphatic rings. The summed E-state index contributed by atoms with van der Waals surface area (Å²) >= 11 is 3.52. The summed E-state index contributed by atoms with van der Waals surface area (Å²) in [6.45, 7) is 6.32. The lowest BCUT2D eigenvalue weighted by Crippen LogP contribution is -2.47. The largest absolute Gasteiger partial charge is 0.496 e. The Morgan fingerprint density at radius 3 is 3.00 bits per heavy atom. The molecule has 1 aromatic heterocycles. The Morgan fingerprint density at radius 1 is 1.41 bits per heavy atom. The zero-order valence-corrected chi connectivity index (χ0v) is 17.7. The Morgan fingerprint density at radius 2 is 2.26 bits per heavy atom. The molecule has 2 heterocycles. The Bertz CT molecular complexity index is 803. The van der Waals surface area contributed by atoms with Crippen molar-refractivity contribution in [1.82, 2.24) is 25.4 Å². The van der Waals surface area contributed by atoms with Gasteiger partial charge in [-0.15, -0.1) is 0 Å². The number of nitrogens with one attached hydrogen (secondary N) is 2. The van der Waals surface area contributed by atoms with Crippen LogP contribution in [0.2, 0.25) is 0 Å². The Balaban J connectivity index is 1.69. The number of hydrogen-bond donors (Lipinski definition) is 2. The zero-order chi connectivity index (χ0) is 19.2. The average Bonchev–Trinajstić information content (AvgIpc) is 3.09. The molecule has 1 aromatic carbocycles. The van der Waals surface area contributed by atoms with Crippen LogP contribution in [0.1, 0.15) is 37.5 Å². The predicted molar refractivity (Wildman–Crippen MR) is 110 cm³/mol.